The predicted octanol–water partition coefficient (Wildman–Crippen LogP) is 3.66. The van der Waals surface area contributed by atoms with Crippen molar-refractivity contribution in [2.24, 2.45) is 0 Å². The number of nitro groups is 2. The third kappa shape index (κ3) is 9.76. The number of aliphatic hydroxyl groups is 1. The van der Waals surface area contributed by atoms with E-state index in [1.54, 1.807) is 0 Å². The number of ether oxygens (including phenoxy) is 2. The Labute approximate surface area is 229 Å². The minimum atomic E-state index is -4.50. The van der Waals surface area contributed by atoms with Gasteiger partial charge in [0.05, 0.1) is 9.85 Å². The van der Waals surface area contributed by atoms with Gasteiger partial charge in [0.15, 0.2) is 0 Å². The molecule has 0 aromatic heterocycles. The van der Waals surface area contributed by atoms with Gasteiger partial charge in [-0.25, -0.2) is 9.59 Å². The quantitative estimate of drug-likeness (QED) is 0.103. The summed E-state index contributed by atoms with van der Waals surface area (Å²) in [5.41, 5.74) is 0.133. The van der Waals surface area contributed by atoms with Gasteiger partial charge in [0, 0.05) is 24.3 Å². The monoisotopic (exact) mass is 638 g/mol. The largest absolute Gasteiger partial charge is 0.540 e. The van der Waals surface area contributed by atoms with Gasteiger partial charge in [-0.1, -0.05) is 0 Å². The minimum Gasteiger partial charge on any atom is -0.427 e. The first-order chi connectivity index (χ1) is 18.8. The van der Waals surface area contributed by atoms with E-state index in [2.05, 4.69) is 29.0 Å². The second-order valence-electron chi connectivity index (χ2n) is 7.36. The number of halogens is 3. The zero-order chi connectivity index (χ0) is 29.9. The van der Waals surface area contributed by atoms with Crippen LogP contribution in [0.25, 0.3) is 0 Å². The first-order valence-electron chi connectivity index (χ1n) is 10.5. The van der Waals surface area contributed by atoms with E-state index < -0.39 is 64.8 Å². The Hall–Kier alpha value is -4.33. The van der Waals surface area contributed by atoms with Crippen LogP contribution in [0.2, 0.25) is 0 Å². The highest BCUT2D eigenvalue weighted by molar-refractivity contribution is 9.18. The lowest BCUT2D eigenvalue weighted by atomic mass is 10.1. The van der Waals surface area contributed by atoms with Crippen molar-refractivity contribution in [3.63, 3.8) is 0 Å². The third-order valence-corrected chi connectivity index (χ3v) is 5.09. The normalized spacial score (nSPS) is 12.5. The summed E-state index contributed by atoms with van der Waals surface area (Å²) < 4.78 is 35.7. The predicted molar refractivity (Wildman–Crippen MR) is 124 cm³/mol. The highest BCUT2D eigenvalue weighted by atomic mass is 79.9. The van der Waals surface area contributed by atoms with Crippen molar-refractivity contribution in [3.8, 4) is 0 Å². The van der Waals surface area contributed by atoms with Crippen LogP contribution in [-0.2, 0) is 47.0 Å². The van der Waals surface area contributed by atoms with Crippen LogP contribution in [0.15, 0.2) is 48.5 Å². The Morgan fingerprint density at radius 1 is 0.850 bits per heavy atom. The molecule has 0 aliphatic rings. The van der Waals surface area contributed by atoms with E-state index in [1.165, 1.54) is 24.3 Å². The Kier molecular flexibility index (Phi) is 11.7. The first-order valence-corrected chi connectivity index (χ1v) is 11.3. The fourth-order valence-corrected chi connectivity index (χ4v) is 2.79. The van der Waals surface area contributed by atoms with Crippen LogP contribution in [0.5, 0.6) is 0 Å². The molecule has 2 aromatic rings. The molecular formula is C21H17BrF2N2O14. The Balaban J connectivity index is 1.84. The first kappa shape index (κ1) is 31.9. The van der Waals surface area contributed by atoms with Crippen molar-refractivity contribution in [1.29, 1.82) is 0 Å². The lowest BCUT2D eigenvalue weighted by Gasteiger charge is -2.25. The molecule has 16 nitrogen and oxygen atoms in total. The summed E-state index contributed by atoms with van der Waals surface area (Å²) in [5, 5.41) is 31.3. The summed E-state index contributed by atoms with van der Waals surface area (Å²) in [7, 11) is 0. The summed E-state index contributed by atoms with van der Waals surface area (Å²) in [6, 6.07) is 9.58. The van der Waals surface area contributed by atoms with Crippen LogP contribution in [-0.4, -0.2) is 56.7 Å². The average molecular weight is 639 g/mol. The molecule has 0 spiro atoms. The van der Waals surface area contributed by atoms with Crippen LogP contribution in [0.1, 0.15) is 11.1 Å². The van der Waals surface area contributed by atoms with Crippen LogP contribution >= 0.6 is 15.9 Å². The summed E-state index contributed by atoms with van der Waals surface area (Å²) in [4.78, 5) is 71.3. The highest BCUT2D eigenvalue weighted by Gasteiger charge is 2.52. The van der Waals surface area contributed by atoms with Gasteiger partial charge in [-0.3, -0.25) is 34.8 Å². The maximum absolute atomic E-state index is 14.2. The molecule has 0 fully saturated rings. The van der Waals surface area contributed by atoms with Crippen LogP contribution in [0.4, 0.5) is 29.7 Å². The van der Waals surface area contributed by atoms with Crippen molar-refractivity contribution in [3.05, 3.63) is 79.9 Å². The zero-order valence-electron chi connectivity index (χ0n) is 19.7. The molecular weight excluding hydrogens is 622 g/mol. The summed E-state index contributed by atoms with van der Waals surface area (Å²) in [6.07, 6.45) is -8.50. The molecule has 2 aromatic carbocycles. The number of hydrogen-bond acceptors (Lipinski definition) is 14. The molecule has 2 atom stereocenters. The molecule has 0 heterocycles. The number of hydrogen-bond donors (Lipinski definition) is 1. The number of carbonyl (C=O) groups is 3. The van der Waals surface area contributed by atoms with E-state index in [1.807, 2.05) is 15.9 Å². The van der Waals surface area contributed by atoms with Gasteiger partial charge >= 0.3 is 18.2 Å². The fourth-order valence-electron chi connectivity index (χ4n) is 2.57. The SMILES string of the molecule is O=C(OCc1ccc([N+](=O)[O-])cc1)OOC[C@@H](O)[C@@H](OOC(=O)OCc1ccc([N+](=O)[O-])cc1)C(F)(F)C(=O)Br. The van der Waals surface area contributed by atoms with E-state index in [9.17, 15) is 48.5 Å². The van der Waals surface area contributed by atoms with E-state index in [4.69, 9.17) is 0 Å². The molecule has 0 aliphatic heterocycles. The summed E-state index contributed by atoms with van der Waals surface area (Å²) >= 11 is 2.01. The lowest BCUT2D eigenvalue weighted by Crippen LogP contribution is -2.50. The summed E-state index contributed by atoms with van der Waals surface area (Å²) in [6.45, 7) is -2.16. The van der Waals surface area contributed by atoms with Gasteiger partial charge < -0.3 is 14.6 Å². The molecule has 40 heavy (non-hydrogen) atoms. The number of nitrogens with zero attached hydrogens (tertiary/aromatic N) is 2. The van der Waals surface area contributed by atoms with Crippen LogP contribution in [0, 0.1) is 20.2 Å². The molecule has 0 bridgehead atoms. The Bertz CT molecular complexity index is 1210. The molecule has 0 radical (unpaired) electrons. The van der Waals surface area contributed by atoms with Gasteiger partial charge in [-0.2, -0.15) is 18.6 Å². The molecule has 0 amide bonds. The number of non-ortho nitro benzene ring substituents is 2. The van der Waals surface area contributed by atoms with Crippen LogP contribution < -0.4 is 0 Å². The molecule has 0 saturated carbocycles. The number of rotatable bonds is 14. The number of aliphatic hydroxyl groups excluding tert-OH is 1. The van der Waals surface area contributed by atoms with E-state index in [0.717, 1.165) is 24.3 Å². The fraction of sp³-hybridized carbons (Fsp3) is 0.286. The smallest absolute Gasteiger partial charge is 0.427 e. The minimum absolute atomic E-state index is 0.207. The topological polar surface area (TPSA) is 213 Å². The second-order valence-corrected chi connectivity index (χ2v) is 8.08. The molecule has 19 heteroatoms. The maximum atomic E-state index is 14.2. The Morgan fingerprint density at radius 2 is 1.27 bits per heavy atom. The highest BCUT2D eigenvalue weighted by Crippen LogP contribution is 2.28. The molecule has 0 saturated heterocycles. The number of benzene rings is 2. The van der Waals surface area contributed by atoms with Crippen LogP contribution in [0.3, 0.4) is 0 Å². The van der Waals surface area contributed by atoms with Crippen molar-refractivity contribution < 1.29 is 67.1 Å². The lowest BCUT2D eigenvalue weighted by molar-refractivity contribution is -0.385. The second kappa shape index (κ2) is 14.7. The van der Waals surface area contributed by atoms with Gasteiger partial charge in [0.2, 0.25) is 6.10 Å². The van der Waals surface area contributed by atoms with E-state index >= 15 is 0 Å². The van der Waals surface area contributed by atoms with Crippen molar-refractivity contribution in [2.45, 2.75) is 31.3 Å². The molecule has 216 valence electrons. The molecule has 0 unspecified atom stereocenters. The third-order valence-electron chi connectivity index (χ3n) is 4.56. The average Bonchev–Trinajstić information content (AvgIpc) is 2.91. The number of carbonyl (C=O) groups excluding carboxylic acids is 3. The Morgan fingerprint density at radius 3 is 1.68 bits per heavy atom. The van der Waals surface area contributed by atoms with E-state index in [0.29, 0.717) is 5.56 Å². The standard InChI is InChI=1S/C21H17BrF2N2O14/c22-18(28)21(23,24)17(38-40-20(30)36-10-13-3-7-15(8-4-13)26(33)34)16(27)11-37-39-19(29)35-9-12-1-5-14(6-2-12)25(31)32/h1-8,16-17,27H,9-11H2/t16-,17-/m1/s1. The van der Waals surface area contributed by atoms with Gasteiger partial charge in [0.1, 0.15) is 25.9 Å². The summed E-state index contributed by atoms with van der Waals surface area (Å²) in [5.74, 6) is -4.50. The van der Waals surface area contributed by atoms with Crippen molar-refractivity contribution >= 4 is 44.3 Å². The van der Waals surface area contributed by atoms with Gasteiger partial charge in [0.25, 0.3) is 16.1 Å². The van der Waals surface area contributed by atoms with E-state index in [-0.39, 0.29) is 16.9 Å². The number of nitro benzene ring substituents is 2. The van der Waals surface area contributed by atoms with Gasteiger partial charge in [-0.15, -0.1) is 0 Å². The molecule has 0 aliphatic carbocycles. The zero-order valence-corrected chi connectivity index (χ0v) is 21.3. The van der Waals surface area contributed by atoms with Crippen molar-refractivity contribution in [2.75, 3.05) is 6.61 Å². The number of alkyl halides is 2. The maximum Gasteiger partial charge on any atom is 0.540 e. The van der Waals surface area contributed by atoms with Gasteiger partial charge in [-0.05, 0) is 51.3 Å². The molecule has 1 N–H and O–H groups in total. The molecule has 2 rings (SSSR count). The van der Waals surface area contributed by atoms with Crippen molar-refractivity contribution in [1.82, 2.24) is 0 Å².